The largest absolute Gasteiger partial charge is 0.322 e. The van der Waals surface area contributed by atoms with Gasteiger partial charge in [0.25, 0.3) is 5.91 Å². The van der Waals surface area contributed by atoms with Crippen LogP contribution in [-0.2, 0) is 11.2 Å². The Morgan fingerprint density at radius 3 is 2.65 bits per heavy atom. The van der Waals surface area contributed by atoms with Crippen LogP contribution in [0.25, 0.3) is 0 Å². The maximum atomic E-state index is 12.7. The minimum atomic E-state index is -0.132. The Morgan fingerprint density at radius 1 is 1.15 bits per heavy atom. The lowest BCUT2D eigenvalue weighted by atomic mass is 9.99. The van der Waals surface area contributed by atoms with Crippen molar-refractivity contribution in [1.82, 2.24) is 0 Å². The van der Waals surface area contributed by atoms with Crippen molar-refractivity contribution in [3.05, 3.63) is 53.6 Å². The van der Waals surface area contributed by atoms with E-state index >= 15 is 0 Å². The Labute approximate surface area is 159 Å². The van der Waals surface area contributed by atoms with E-state index in [1.54, 1.807) is 11.8 Å². The molecule has 2 aromatic rings. The molecule has 0 unspecified atom stereocenters. The molecule has 0 fully saturated rings. The summed E-state index contributed by atoms with van der Waals surface area (Å²) in [6, 6.07) is 13.4. The summed E-state index contributed by atoms with van der Waals surface area (Å²) in [5, 5.41) is 2.98. The topological polar surface area (TPSA) is 49.4 Å². The van der Waals surface area contributed by atoms with Crippen molar-refractivity contribution in [3.63, 3.8) is 0 Å². The van der Waals surface area contributed by atoms with Crippen LogP contribution in [0.5, 0.6) is 0 Å². The first-order valence-electron chi connectivity index (χ1n) is 8.90. The number of rotatable bonds is 4. The normalized spacial score (nSPS) is 13.5. The van der Waals surface area contributed by atoms with Crippen molar-refractivity contribution in [2.45, 2.75) is 31.6 Å². The highest BCUT2D eigenvalue weighted by Crippen LogP contribution is 2.31. The highest BCUT2D eigenvalue weighted by atomic mass is 32.2. The van der Waals surface area contributed by atoms with Gasteiger partial charge in [-0.25, -0.2) is 0 Å². The van der Waals surface area contributed by atoms with Gasteiger partial charge >= 0.3 is 0 Å². The number of anilines is 2. The van der Waals surface area contributed by atoms with Crippen LogP contribution in [-0.4, -0.2) is 24.6 Å². The second-order valence-corrected chi connectivity index (χ2v) is 7.59. The van der Waals surface area contributed by atoms with Gasteiger partial charge in [-0.05, 0) is 48.9 Å². The molecule has 1 aliphatic heterocycles. The number of thioether (sulfide) groups is 1. The van der Waals surface area contributed by atoms with Crippen LogP contribution in [0.15, 0.2) is 47.4 Å². The van der Waals surface area contributed by atoms with Crippen LogP contribution in [0, 0.1) is 5.92 Å². The monoisotopic (exact) mass is 368 g/mol. The predicted molar refractivity (Wildman–Crippen MR) is 108 cm³/mol. The molecule has 2 amide bonds. The first kappa shape index (κ1) is 18.5. The van der Waals surface area contributed by atoms with Crippen molar-refractivity contribution in [3.8, 4) is 0 Å². The molecule has 0 atom stereocenters. The van der Waals surface area contributed by atoms with Crippen LogP contribution in [0.2, 0.25) is 0 Å². The zero-order valence-corrected chi connectivity index (χ0v) is 16.2. The first-order valence-corrected chi connectivity index (χ1v) is 10.1. The Hall–Kier alpha value is -2.27. The lowest BCUT2D eigenvalue weighted by molar-refractivity contribution is -0.121. The standard InChI is InChI=1S/C21H24N2O2S/c1-14(2)21(25)23-12-6-7-15-10-11-16(13-18(15)23)22-20(24)17-8-4-5-9-19(17)26-3/h4-5,8-11,13-14H,6-7,12H2,1-3H3,(H,22,24). The fraction of sp³-hybridized carbons (Fsp3) is 0.333. The second-order valence-electron chi connectivity index (χ2n) is 6.75. The summed E-state index contributed by atoms with van der Waals surface area (Å²) in [6.07, 6.45) is 3.89. The molecule has 1 N–H and O–H groups in total. The lowest BCUT2D eigenvalue weighted by Crippen LogP contribution is -2.38. The fourth-order valence-corrected chi connectivity index (χ4v) is 3.82. The smallest absolute Gasteiger partial charge is 0.256 e. The summed E-state index contributed by atoms with van der Waals surface area (Å²) in [5.41, 5.74) is 3.46. The average molecular weight is 369 g/mol. The molecule has 0 aromatic heterocycles. The summed E-state index contributed by atoms with van der Waals surface area (Å²) in [6.45, 7) is 4.57. The van der Waals surface area contributed by atoms with E-state index in [2.05, 4.69) is 5.32 Å². The molecule has 0 bridgehead atoms. The second kappa shape index (κ2) is 7.96. The average Bonchev–Trinajstić information content (AvgIpc) is 2.66. The minimum Gasteiger partial charge on any atom is -0.322 e. The van der Waals surface area contributed by atoms with Gasteiger partial charge in [-0.3, -0.25) is 9.59 Å². The first-order chi connectivity index (χ1) is 12.5. The molecule has 0 aliphatic carbocycles. The van der Waals surface area contributed by atoms with Crippen molar-refractivity contribution >= 4 is 35.0 Å². The van der Waals surface area contributed by atoms with Gasteiger partial charge in [0, 0.05) is 28.7 Å². The predicted octanol–water partition coefficient (Wildman–Crippen LogP) is 4.60. The van der Waals surface area contributed by atoms with Gasteiger partial charge < -0.3 is 10.2 Å². The van der Waals surface area contributed by atoms with Gasteiger partial charge in [0.05, 0.1) is 5.56 Å². The number of amides is 2. The van der Waals surface area contributed by atoms with Gasteiger partial charge in [0.15, 0.2) is 0 Å². The molecule has 2 aromatic carbocycles. The number of carbonyl (C=O) groups is 2. The molecule has 1 aliphatic rings. The molecule has 26 heavy (non-hydrogen) atoms. The molecule has 1 heterocycles. The number of aryl methyl sites for hydroxylation is 1. The van der Waals surface area contributed by atoms with E-state index in [1.807, 2.05) is 67.5 Å². The molecular formula is C21H24N2O2S. The van der Waals surface area contributed by atoms with Crippen LogP contribution in [0.4, 0.5) is 11.4 Å². The van der Waals surface area contributed by atoms with Gasteiger partial charge in [-0.15, -0.1) is 11.8 Å². The van der Waals surface area contributed by atoms with Crippen LogP contribution in [0.1, 0.15) is 36.2 Å². The van der Waals surface area contributed by atoms with Crippen LogP contribution in [0.3, 0.4) is 0 Å². The van der Waals surface area contributed by atoms with E-state index in [9.17, 15) is 9.59 Å². The Morgan fingerprint density at radius 2 is 1.92 bits per heavy atom. The van der Waals surface area contributed by atoms with Crippen LogP contribution < -0.4 is 10.2 Å². The van der Waals surface area contributed by atoms with Crippen LogP contribution >= 0.6 is 11.8 Å². The summed E-state index contributed by atoms with van der Waals surface area (Å²) < 4.78 is 0. The maximum Gasteiger partial charge on any atom is 0.256 e. The summed E-state index contributed by atoms with van der Waals surface area (Å²) in [5.74, 6) is -0.0535. The fourth-order valence-electron chi connectivity index (χ4n) is 3.22. The van der Waals surface area contributed by atoms with Gasteiger partial charge in [-0.2, -0.15) is 0 Å². The van der Waals surface area contributed by atoms with Crippen molar-refractivity contribution in [2.75, 3.05) is 23.0 Å². The highest BCUT2D eigenvalue weighted by molar-refractivity contribution is 7.98. The highest BCUT2D eigenvalue weighted by Gasteiger charge is 2.25. The SMILES string of the molecule is CSc1ccccc1C(=O)Nc1ccc2c(c1)N(C(=O)C(C)C)CCC2. The van der Waals surface area contributed by atoms with E-state index in [1.165, 1.54) is 0 Å². The Balaban J connectivity index is 1.87. The quantitative estimate of drug-likeness (QED) is 0.803. The molecule has 136 valence electrons. The molecule has 5 heteroatoms. The number of fused-ring (bicyclic) bond motifs is 1. The summed E-state index contributed by atoms with van der Waals surface area (Å²) in [4.78, 5) is 28.0. The lowest BCUT2D eigenvalue weighted by Gasteiger charge is -2.31. The maximum absolute atomic E-state index is 12.7. The molecule has 0 saturated carbocycles. The number of benzene rings is 2. The third-order valence-electron chi connectivity index (χ3n) is 4.57. The molecular weight excluding hydrogens is 344 g/mol. The number of nitrogens with one attached hydrogen (secondary N) is 1. The van der Waals surface area contributed by atoms with E-state index in [4.69, 9.17) is 0 Å². The van der Waals surface area contributed by atoms with E-state index in [0.717, 1.165) is 35.5 Å². The molecule has 3 rings (SSSR count). The number of hydrogen-bond acceptors (Lipinski definition) is 3. The van der Waals surface area contributed by atoms with Crippen molar-refractivity contribution < 1.29 is 9.59 Å². The summed E-state index contributed by atoms with van der Waals surface area (Å²) in [7, 11) is 0. The Kier molecular flexibility index (Phi) is 5.67. The number of carbonyl (C=O) groups excluding carboxylic acids is 2. The molecule has 0 saturated heterocycles. The summed E-state index contributed by atoms with van der Waals surface area (Å²) >= 11 is 1.55. The van der Waals surface area contributed by atoms with E-state index in [-0.39, 0.29) is 17.7 Å². The third kappa shape index (κ3) is 3.78. The van der Waals surface area contributed by atoms with E-state index in [0.29, 0.717) is 11.3 Å². The van der Waals surface area contributed by atoms with Gasteiger partial charge in [0.2, 0.25) is 5.91 Å². The number of nitrogens with zero attached hydrogens (tertiary/aromatic N) is 1. The zero-order valence-electron chi connectivity index (χ0n) is 15.4. The molecule has 4 nitrogen and oxygen atoms in total. The van der Waals surface area contributed by atoms with Gasteiger partial charge in [0.1, 0.15) is 0 Å². The van der Waals surface area contributed by atoms with Gasteiger partial charge in [-0.1, -0.05) is 32.0 Å². The van der Waals surface area contributed by atoms with Crippen molar-refractivity contribution in [2.24, 2.45) is 5.92 Å². The third-order valence-corrected chi connectivity index (χ3v) is 5.37. The zero-order chi connectivity index (χ0) is 18.7. The molecule has 0 radical (unpaired) electrons. The minimum absolute atomic E-state index is 0.0485. The molecule has 0 spiro atoms. The van der Waals surface area contributed by atoms with Crippen molar-refractivity contribution in [1.29, 1.82) is 0 Å². The Bertz CT molecular complexity index is 833. The number of hydrogen-bond donors (Lipinski definition) is 1. The van der Waals surface area contributed by atoms with E-state index < -0.39 is 0 Å².